The van der Waals surface area contributed by atoms with Crippen LogP contribution in [0, 0.1) is 6.92 Å². The first-order chi connectivity index (χ1) is 13.2. The molecule has 1 aliphatic heterocycles. The highest BCUT2D eigenvalue weighted by atomic mass is 16.5. The van der Waals surface area contributed by atoms with E-state index in [1.807, 2.05) is 61.7 Å². The fraction of sp³-hybridized carbons (Fsp3) is 0.182. The number of benzene rings is 2. The minimum atomic E-state index is -0.0265. The molecule has 5 nitrogen and oxygen atoms in total. The lowest BCUT2D eigenvalue weighted by Gasteiger charge is -2.24. The lowest BCUT2D eigenvalue weighted by Crippen LogP contribution is -2.24. The molecule has 5 heteroatoms. The van der Waals surface area contributed by atoms with Crippen LogP contribution in [-0.2, 0) is 4.79 Å². The van der Waals surface area contributed by atoms with Crippen LogP contribution in [0.5, 0.6) is 5.75 Å². The third-order valence-electron chi connectivity index (χ3n) is 4.75. The summed E-state index contributed by atoms with van der Waals surface area (Å²) in [4.78, 5) is 12.4. The van der Waals surface area contributed by atoms with E-state index in [-0.39, 0.29) is 11.8 Å². The number of nitrogens with one attached hydrogen (secondary N) is 1. The molecule has 27 heavy (non-hydrogen) atoms. The smallest absolute Gasteiger partial charge is 0.226 e. The predicted molar refractivity (Wildman–Crippen MR) is 106 cm³/mol. The van der Waals surface area contributed by atoms with E-state index >= 15 is 0 Å². The van der Waals surface area contributed by atoms with E-state index in [4.69, 9.17) is 4.74 Å². The van der Waals surface area contributed by atoms with E-state index in [1.165, 1.54) is 5.56 Å². The number of carbonyl (C=O) groups excluding carboxylic acids is 1. The van der Waals surface area contributed by atoms with Gasteiger partial charge in [-0.15, -0.1) is 0 Å². The summed E-state index contributed by atoms with van der Waals surface area (Å²) >= 11 is 0. The molecule has 1 N–H and O–H groups in total. The zero-order valence-corrected chi connectivity index (χ0v) is 15.2. The van der Waals surface area contributed by atoms with Crippen molar-refractivity contribution in [3.05, 3.63) is 84.1 Å². The van der Waals surface area contributed by atoms with Crippen LogP contribution in [0.25, 0.3) is 5.69 Å². The predicted octanol–water partition coefficient (Wildman–Crippen LogP) is 4.22. The van der Waals surface area contributed by atoms with Gasteiger partial charge in [0, 0.05) is 17.9 Å². The second-order valence-corrected chi connectivity index (χ2v) is 6.67. The van der Waals surface area contributed by atoms with Crippen LogP contribution in [0.15, 0.2) is 67.4 Å². The molecule has 1 atom stereocenters. The third-order valence-corrected chi connectivity index (χ3v) is 4.75. The molecular formula is C22H21N3O2. The monoisotopic (exact) mass is 359 g/mol. The van der Waals surface area contributed by atoms with Gasteiger partial charge in [-0.2, -0.15) is 5.10 Å². The van der Waals surface area contributed by atoms with Gasteiger partial charge in [0.25, 0.3) is 0 Å². The van der Waals surface area contributed by atoms with E-state index in [0.29, 0.717) is 13.0 Å². The average Bonchev–Trinajstić information content (AvgIpc) is 3.10. The van der Waals surface area contributed by atoms with E-state index in [2.05, 4.69) is 17.0 Å². The first-order valence-corrected chi connectivity index (χ1v) is 8.94. The molecule has 2 aromatic carbocycles. The largest absolute Gasteiger partial charge is 0.490 e. The second kappa shape index (κ2) is 7.11. The van der Waals surface area contributed by atoms with Crippen molar-refractivity contribution < 1.29 is 9.53 Å². The van der Waals surface area contributed by atoms with E-state index in [0.717, 1.165) is 28.4 Å². The fourth-order valence-electron chi connectivity index (χ4n) is 3.35. The zero-order valence-electron chi connectivity index (χ0n) is 15.2. The minimum absolute atomic E-state index is 0.00616. The number of aromatic nitrogens is 2. The number of ether oxygens (including phenoxy) is 1. The Morgan fingerprint density at radius 3 is 2.67 bits per heavy atom. The molecule has 3 aromatic rings. The Morgan fingerprint density at radius 2 is 1.96 bits per heavy atom. The maximum atomic E-state index is 12.4. The van der Waals surface area contributed by atoms with E-state index in [9.17, 15) is 4.79 Å². The van der Waals surface area contributed by atoms with Crippen molar-refractivity contribution in [2.75, 3.05) is 11.9 Å². The van der Waals surface area contributed by atoms with Gasteiger partial charge in [0.05, 0.1) is 11.9 Å². The lowest BCUT2D eigenvalue weighted by atomic mass is 9.87. The quantitative estimate of drug-likeness (QED) is 0.694. The maximum Gasteiger partial charge on any atom is 0.226 e. The number of hydrogen-bond donors (Lipinski definition) is 1. The number of nitrogens with zero attached hydrogens (tertiary/aromatic N) is 2. The number of amides is 1. The van der Waals surface area contributed by atoms with Crippen molar-refractivity contribution in [1.82, 2.24) is 9.78 Å². The Morgan fingerprint density at radius 1 is 1.22 bits per heavy atom. The summed E-state index contributed by atoms with van der Waals surface area (Å²) < 4.78 is 7.34. The Labute approximate surface area is 158 Å². The van der Waals surface area contributed by atoms with Crippen molar-refractivity contribution >= 4 is 11.7 Å². The number of aryl methyl sites for hydroxylation is 1. The highest BCUT2D eigenvalue weighted by Crippen LogP contribution is 2.38. The first kappa shape index (κ1) is 17.1. The van der Waals surface area contributed by atoms with Gasteiger partial charge >= 0.3 is 0 Å². The lowest BCUT2D eigenvalue weighted by molar-refractivity contribution is -0.116. The number of carbonyl (C=O) groups is 1. The van der Waals surface area contributed by atoms with Gasteiger partial charge in [-0.1, -0.05) is 42.5 Å². The summed E-state index contributed by atoms with van der Waals surface area (Å²) in [5.74, 6) is 1.50. The van der Waals surface area contributed by atoms with Gasteiger partial charge in [-0.25, -0.2) is 4.68 Å². The van der Waals surface area contributed by atoms with Crippen LogP contribution in [-0.4, -0.2) is 22.3 Å². The molecule has 0 bridgehead atoms. The number of anilines is 1. The Bertz CT molecular complexity index is 972. The second-order valence-electron chi connectivity index (χ2n) is 6.67. The fourth-order valence-corrected chi connectivity index (χ4v) is 3.35. The first-order valence-electron chi connectivity index (χ1n) is 8.94. The zero-order chi connectivity index (χ0) is 18.8. The van der Waals surface area contributed by atoms with Gasteiger partial charge in [0.2, 0.25) is 5.91 Å². The van der Waals surface area contributed by atoms with Crippen LogP contribution in [0.4, 0.5) is 5.82 Å². The summed E-state index contributed by atoms with van der Waals surface area (Å²) in [5, 5.41) is 7.52. The molecule has 1 amide bonds. The van der Waals surface area contributed by atoms with Gasteiger partial charge in [-0.05, 0) is 36.8 Å². The van der Waals surface area contributed by atoms with E-state index in [1.54, 1.807) is 10.8 Å². The minimum Gasteiger partial charge on any atom is -0.490 e. The summed E-state index contributed by atoms with van der Waals surface area (Å²) in [6.45, 7) is 6.17. The van der Waals surface area contributed by atoms with Crippen LogP contribution >= 0.6 is 0 Å². The normalized spacial score (nSPS) is 15.7. The highest BCUT2D eigenvalue weighted by molar-refractivity contribution is 5.94. The van der Waals surface area contributed by atoms with Gasteiger partial charge < -0.3 is 10.1 Å². The van der Waals surface area contributed by atoms with Gasteiger partial charge in [0.1, 0.15) is 18.2 Å². The Hall–Kier alpha value is -3.34. The van der Waals surface area contributed by atoms with Crippen molar-refractivity contribution in [3.8, 4) is 11.4 Å². The van der Waals surface area contributed by atoms with Crippen LogP contribution in [0.1, 0.15) is 29.0 Å². The molecule has 1 unspecified atom stereocenters. The molecule has 0 fully saturated rings. The Kier molecular flexibility index (Phi) is 4.50. The summed E-state index contributed by atoms with van der Waals surface area (Å²) in [6, 6.07) is 15.9. The van der Waals surface area contributed by atoms with Crippen molar-refractivity contribution in [2.24, 2.45) is 0 Å². The SMILES string of the molecule is C=CCOc1ccc(C2CC(=O)Nc3c2cnn3-c2ccc(C)cc2)cc1. The van der Waals surface area contributed by atoms with Crippen LogP contribution in [0.3, 0.4) is 0 Å². The summed E-state index contributed by atoms with van der Waals surface area (Å²) in [6.07, 6.45) is 3.96. The topological polar surface area (TPSA) is 56.1 Å². The maximum absolute atomic E-state index is 12.4. The van der Waals surface area contributed by atoms with Crippen LogP contribution in [0.2, 0.25) is 0 Å². The van der Waals surface area contributed by atoms with Crippen molar-refractivity contribution in [2.45, 2.75) is 19.3 Å². The summed E-state index contributed by atoms with van der Waals surface area (Å²) in [5.41, 5.74) is 4.20. The van der Waals surface area contributed by atoms with Crippen molar-refractivity contribution in [3.63, 3.8) is 0 Å². The molecule has 1 aliphatic rings. The molecule has 136 valence electrons. The molecule has 0 spiro atoms. The summed E-state index contributed by atoms with van der Waals surface area (Å²) in [7, 11) is 0. The molecule has 0 saturated carbocycles. The standard InChI is InChI=1S/C22H21N3O2/c1-3-12-27-18-10-6-16(7-11-18)19-13-21(26)24-22-20(19)14-23-25(22)17-8-4-15(2)5-9-17/h3-11,14,19H,1,12-13H2,2H3,(H,24,26). The third kappa shape index (κ3) is 3.36. The highest BCUT2D eigenvalue weighted by Gasteiger charge is 2.30. The number of fused-ring (bicyclic) bond motifs is 1. The van der Waals surface area contributed by atoms with E-state index < -0.39 is 0 Å². The molecule has 0 aliphatic carbocycles. The number of rotatable bonds is 5. The molecule has 4 rings (SSSR count). The van der Waals surface area contributed by atoms with Gasteiger partial charge in [-0.3, -0.25) is 4.79 Å². The Balaban J connectivity index is 1.68. The molecule has 2 heterocycles. The van der Waals surface area contributed by atoms with Crippen molar-refractivity contribution in [1.29, 1.82) is 0 Å². The molecule has 1 aromatic heterocycles. The molecule has 0 saturated heterocycles. The molecule has 0 radical (unpaired) electrons. The average molecular weight is 359 g/mol. The number of hydrogen-bond acceptors (Lipinski definition) is 3. The van der Waals surface area contributed by atoms with Crippen LogP contribution < -0.4 is 10.1 Å². The van der Waals surface area contributed by atoms with Gasteiger partial charge in [0.15, 0.2) is 0 Å². The molecular weight excluding hydrogens is 338 g/mol.